The van der Waals surface area contributed by atoms with Crippen LogP contribution in [0.2, 0.25) is 0 Å². The summed E-state index contributed by atoms with van der Waals surface area (Å²) >= 11 is 0. The summed E-state index contributed by atoms with van der Waals surface area (Å²) in [6.45, 7) is 0.701. The van der Waals surface area contributed by atoms with Crippen LogP contribution < -0.4 is 15.3 Å². The van der Waals surface area contributed by atoms with Gasteiger partial charge in [0.05, 0.1) is 35.9 Å². The van der Waals surface area contributed by atoms with E-state index in [9.17, 15) is 9.59 Å². The first-order chi connectivity index (χ1) is 14.2. The number of benzene rings is 3. The van der Waals surface area contributed by atoms with E-state index < -0.39 is 5.97 Å². The highest BCUT2D eigenvalue weighted by molar-refractivity contribution is 6.05. The van der Waals surface area contributed by atoms with Crippen LogP contribution in [0.5, 0.6) is 5.75 Å². The molecule has 0 atom stereocenters. The summed E-state index contributed by atoms with van der Waals surface area (Å²) in [5.41, 5.74) is 2.05. The number of methoxy groups -OCH3 is 1. The van der Waals surface area contributed by atoms with Gasteiger partial charge in [0, 0.05) is 5.39 Å². The highest BCUT2D eigenvalue weighted by atomic mass is 16.5. The van der Waals surface area contributed by atoms with Gasteiger partial charge in [-0.2, -0.15) is 0 Å². The summed E-state index contributed by atoms with van der Waals surface area (Å²) in [6, 6.07) is 18.4. The van der Waals surface area contributed by atoms with Crippen molar-refractivity contribution in [1.82, 2.24) is 0 Å². The van der Waals surface area contributed by atoms with Crippen molar-refractivity contribution < 1.29 is 18.7 Å². The van der Waals surface area contributed by atoms with Crippen LogP contribution in [0, 0.1) is 0 Å². The Labute approximate surface area is 165 Å². The van der Waals surface area contributed by atoms with Gasteiger partial charge in [0.15, 0.2) is 6.73 Å². The Morgan fingerprint density at radius 1 is 0.966 bits per heavy atom. The number of ether oxygens (including phenoxy) is 2. The minimum atomic E-state index is -0.415. The topological polar surface area (TPSA) is 69.0 Å². The maximum absolute atomic E-state index is 12.5. The zero-order valence-corrected chi connectivity index (χ0v) is 15.7. The molecule has 1 aliphatic heterocycles. The molecule has 0 saturated carbocycles. The van der Waals surface area contributed by atoms with E-state index in [1.807, 2.05) is 47.4 Å². The third-order valence-corrected chi connectivity index (χ3v) is 5.22. The van der Waals surface area contributed by atoms with Crippen LogP contribution in [0.1, 0.15) is 15.9 Å². The molecule has 6 nitrogen and oxygen atoms in total. The average molecular weight is 387 g/mol. The van der Waals surface area contributed by atoms with Crippen molar-refractivity contribution in [2.75, 3.05) is 18.7 Å². The molecule has 0 aliphatic carbocycles. The molecule has 0 spiro atoms. The lowest BCUT2D eigenvalue weighted by atomic mass is 10.0. The Morgan fingerprint density at radius 3 is 2.55 bits per heavy atom. The van der Waals surface area contributed by atoms with Crippen LogP contribution in [0.25, 0.3) is 21.7 Å². The lowest BCUT2D eigenvalue weighted by molar-refractivity contribution is 0.0601. The molecule has 0 bridgehead atoms. The highest BCUT2D eigenvalue weighted by Crippen LogP contribution is 2.36. The van der Waals surface area contributed by atoms with Crippen LogP contribution in [0.15, 0.2) is 69.9 Å². The van der Waals surface area contributed by atoms with Gasteiger partial charge in [0.2, 0.25) is 0 Å². The van der Waals surface area contributed by atoms with Crippen molar-refractivity contribution in [3.63, 3.8) is 0 Å². The summed E-state index contributed by atoms with van der Waals surface area (Å²) in [5, 5.41) is 2.24. The first kappa shape index (κ1) is 17.3. The van der Waals surface area contributed by atoms with Gasteiger partial charge in [0.1, 0.15) is 11.3 Å². The number of nitrogens with zero attached hydrogens (tertiary/aromatic N) is 1. The Balaban J connectivity index is 1.67. The highest BCUT2D eigenvalue weighted by Gasteiger charge is 2.25. The Hall–Kier alpha value is -3.80. The molecule has 144 valence electrons. The monoisotopic (exact) mass is 387 g/mol. The number of esters is 1. The maximum Gasteiger partial charge on any atom is 0.344 e. The molecule has 6 heteroatoms. The standard InChI is InChI=1S/C23H17NO5/c1-27-22(25)17-8-4-5-9-19(17)24-12-18-20(28-13-24)11-10-15-14-6-2-3-7-16(14)23(26)29-21(15)18/h2-11H,12-13H2,1H3. The molecule has 0 saturated heterocycles. The lowest BCUT2D eigenvalue weighted by Crippen LogP contribution is -2.33. The van der Waals surface area contributed by atoms with Gasteiger partial charge in [-0.25, -0.2) is 9.59 Å². The molecule has 0 amide bonds. The van der Waals surface area contributed by atoms with E-state index in [4.69, 9.17) is 13.9 Å². The van der Waals surface area contributed by atoms with Crippen molar-refractivity contribution in [2.24, 2.45) is 0 Å². The fraction of sp³-hybridized carbons (Fsp3) is 0.130. The smallest absolute Gasteiger partial charge is 0.344 e. The molecule has 0 radical (unpaired) electrons. The van der Waals surface area contributed by atoms with E-state index in [-0.39, 0.29) is 12.4 Å². The first-order valence-electron chi connectivity index (χ1n) is 9.20. The fourth-order valence-corrected chi connectivity index (χ4v) is 3.84. The second kappa shape index (κ2) is 6.67. The van der Waals surface area contributed by atoms with Crippen molar-refractivity contribution in [3.05, 3.63) is 82.2 Å². The van der Waals surface area contributed by atoms with Crippen LogP contribution in [0.4, 0.5) is 5.69 Å². The number of anilines is 1. The molecule has 0 unspecified atom stereocenters. The maximum atomic E-state index is 12.5. The minimum absolute atomic E-state index is 0.268. The van der Waals surface area contributed by atoms with Crippen LogP contribution >= 0.6 is 0 Å². The molecule has 5 rings (SSSR count). The number of rotatable bonds is 2. The summed E-state index contributed by atoms with van der Waals surface area (Å²) in [6.07, 6.45) is 0. The zero-order valence-electron chi connectivity index (χ0n) is 15.7. The first-order valence-corrected chi connectivity index (χ1v) is 9.20. The van der Waals surface area contributed by atoms with E-state index in [1.54, 1.807) is 18.2 Å². The summed E-state index contributed by atoms with van der Waals surface area (Å²) in [5.74, 6) is 0.254. The van der Waals surface area contributed by atoms with E-state index in [1.165, 1.54) is 7.11 Å². The molecule has 0 fully saturated rings. The molecule has 29 heavy (non-hydrogen) atoms. The molecule has 1 aliphatic rings. The SMILES string of the molecule is COC(=O)c1ccccc1N1COc2ccc3c(oc(=O)c4ccccc43)c2C1. The lowest BCUT2D eigenvalue weighted by Gasteiger charge is -2.32. The predicted molar refractivity (Wildman–Crippen MR) is 109 cm³/mol. The van der Waals surface area contributed by atoms with Crippen molar-refractivity contribution in [3.8, 4) is 5.75 Å². The second-order valence-corrected chi connectivity index (χ2v) is 6.83. The third kappa shape index (κ3) is 2.72. The van der Waals surface area contributed by atoms with E-state index in [2.05, 4.69) is 0 Å². The van der Waals surface area contributed by atoms with E-state index in [0.717, 1.165) is 16.3 Å². The van der Waals surface area contributed by atoms with Crippen LogP contribution in [-0.2, 0) is 11.3 Å². The third-order valence-electron chi connectivity index (χ3n) is 5.22. The fourth-order valence-electron chi connectivity index (χ4n) is 3.84. The molecule has 3 aromatic carbocycles. The van der Waals surface area contributed by atoms with E-state index >= 15 is 0 Å². The number of carbonyl (C=O) groups is 1. The number of hydrogen-bond donors (Lipinski definition) is 0. The molecule has 1 aromatic heterocycles. The molecule has 0 N–H and O–H groups in total. The van der Waals surface area contributed by atoms with Gasteiger partial charge < -0.3 is 18.8 Å². The summed E-state index contributed by atoms with van der Waals surface area (Å²) < 4.78 is 16.5. The van der Waals surface area contributed by atoms with Gasteiger partial charge in [-0.15, -0.1) is 0 Å². The molecular weight excluding hydrogens is 370 g/mol. The van der Waals surface area contributed by atoms with Crippen molar-refractivity contribution in [2.45, 2.75) is 6.54 Å². The predicted octanol–water partition coefficient (Wildman–Crippen LogP) is 4.09. The summed E-state index contributed by atoms with van der Waals surface area (Å²) in [4.78, 5) is 26.6. The largest absolute Gasteiger partial charge is 0.473 e. The van der Waals surface area contributed by atoms with Crippen LogP contribution in [0.3, 0.4) is 0 Å². The number of hydrogen-bond acceptors (Lipinski definition) is 6. The van der Waals surface area contributed by atoms with Gasteiger partial charge in [-0.05, 0) is 35.7 Å². The second-order valence-electron chi connectivity index (χ2n) is 6.83. The Morgan fingerprint density at radius 2 is 1.72 bits per heavy atom. The Bertz CT molecular complexity index is 1320. The number of fused-ring (bicyclic) bond motifs is 5. The molecule has 2 heterocycles. The van der Waals surface area contributed by atoms with Gasteiger partial charge >= 0.3 is 11.6 Å². The van der Waals surface area contributed by atoms with Gasteiger partial charge in [0.25, 0.3) is 0 Å². The van der Waals surface area contributed by atoms with Crippen LogP contribution in [-0.4, -0.2) is 19.8 Å². The molecule has 4 aromatic rings. The molecular formula is C23H17NO5. The van der Waals surface area contributed by atoms with Crippen molar-refractivity contribution >= 4 is 33.4 Å². The number of carbonyl (C=O) groups excluding carboxylic acids is 1. The minimum Gasteiger partial charge on any atom is -0.473 e. The average Bonchev–Trinajstić information content (AvgIpc) is 2.78. The van der Waals surface area contributed by atoms with Crippen molar-refractivity contribution in [1.29, 1.82) is 0 Å². The Kier molecular flexibility index (Phi) is 3.98. The summed E-state index contributed by atoms with van der Waals surface area (Å²) in [7, 11) is 1.36. The zero-order chi connectivity index (χ0) is 20.0. The van der Waals surface area contributed by atoms with Gasteiger partial charge in [-0.1, -0.05) is 30.3 Å². The number of para-hydroxylation sites is 1. The quantitative estimate of drug-likeness (QED) is 0.293. The normalized spacial score (nSPS) is 13.2. The van der Waals surface area contributed by atoms with E-state index in [0.29, 0.717) is 34.5 Å². The van der Waals surface area contributed by atoms with Gasteiger partial charge in [-0.3, -0.25) is 0 Å².